The Morgan fingerprint density at radius 3 is 3.05 bits per heavy atom. The highest BCUT2D eigenvalue weighted by molar-refractivity contribution is 7.16. The lowest BCUT2D eigenvalue weighted by Gasteiger charge is -2.13. The van der Waals surface area contributed by atoms with Crippen LogP contribution >= 0.6 is 11.3 Å². The minimum Gasteiger partial charge on any atom is -0.463 e. The van der Waals surface area contributed by atoms with Crippen LogP contribution in [-0.2, 0) is 12.8 Å². The molecule has 5 heteroatoms. The number of fused-ring (bicyclic) bond motifs is 3. The zero-order valence-electron chi connectivity index (χ0n) is 11.2. The molecule has 0 spiro atoms. The summed E-state index contributed by atoms with van der Waals surface area (Å²) in [5.74, 6) is 0.717. The third-order valence-electron chi connectivity index (χ3n) is 3.49. The van der Waals surface area contributed by atoms with Gasteiger partial charge in [0.05, 0.1) is 18.2 Å². The molecule has 0 radical (unpaired) electrons. The summed E-state index contributed by atoms with van der Waals surface area (Å²) in [6.45, 7) is 0. The number of aromatic nitrogens is 1. The molecule has 0 unspecified atom stereocenters. The van der Waals surface area contributed by atoms with Gasteiger partial charge in [0.15, 0.2) is 0 Å². The number of benzene rings is 1. The van der Waals surface area contributed by atoms with Crippen molar-refractivity contribution in [3.05, 3.63) is 58.9 Å². The average Bonchev–Trinajstić information content (AvgIpc) is 3.16. The number of furan rings is 1. The van der Waals surface area contributed by atoms with Gasteiger partial charge >= 0.3 is 0 Å². The molecule has 104 valence electrons. The fraction of sp³-hybridized carbons (Fsp3) is 0.125. The molecule has 1 aromatic carbocycles. The Morgan fingerprint density at radius 2 is 2.14 bits per heavy atom. The monoisotopic (exact) mass is 295 g/mol. The van der Waals surface area contributed by atoms with Gasteiger partial charge in [-0.05, 0) is 30.5 Å². The molecule has 0 atom stereocenters. The minimum atomic E-state index is 0.717. The molecule has 0 amide bonds. The van der Waals surface area contributed by atoms with Crippen LogP contribution in [0.1, 0.15) is 16.2 Å². The number of nitrogens with zero attached hydrogens (tertiary/aromatic N) is 2. The number of thiazole rings is 1. The molecular formula is C16H13N3OS. The molecule has 2 heterocycles. The van der Waals surface area contributed by atoms with E-state index in [2.05, 4.69) is 39.8 Å². The molecular weight excluding hydrogens is 282 g/mol. The lowest BCUT2D eigenvalue weighted by Crippen LogP contribution is -2.01. The quantitative estimate of drug-likeness (QED) is 0.588. The minimum absolute atomic E-state index is 0.717. The van der Waals surface area contributed by atoms with Gasteiger partial charge in [0, 0.05) is 10.4 Å². The molecule has 1 aliphatic carbocycles. The van der Waals surface area contributed by atoms with E-state index >= 15 is 0 Å². The highest BCUT2D eigenvalue weighted by Crippen LogP contribution is 2.37. The van der Waals surface area contributed by atoms with Crippen LogP contribution in [0.15, 0.2) is 52.2 Å². The number of anilines is 1. The van der Waals surface area contributed by atoms with Crippen molar-refractivity contribution in [2.24, 2.45) is 5.10 Å². The van der Waals surface area contributed by atoms with Crippen molar-refractivity contribution in [2.75, 3.05) is 5.43 Å². The Labute approximate surface area is 126 Å². The summed E-state index contributed by atoms with van der Waals surface area (Å²) in [6.07, 6.45) is 5.41. The molecule has 0 bridgehead atoms. The van der Waals surface area contributed by atoms with Crippen LogP contribution in [0.4, 0.5) is 5.13 Å². The van der Waals surface area contributed by atoms with Gasteiger partial charge in [-0.1, -0.05) is 35.6 Å². The standard InChI is InChI=1S/C16H13N3OS/c1-2-6-13-11(4-1)7-8-14-15(13)18-16(21-14)19-17-10-12-5-3-9-20-12/h1-6,9-10H,7-8H2,(H,18,19)/b17-10-. The van der Waals surface area contributed by atoms with Gasteiger partial charge in [-0.25, -0.2) is 4.98 Å². The van der Waals surface area contributed by atoms with Crippen LogP contribution in [-0.4, -0.2) is 11.2 Å². The first-order chi connectivity index (χ1) is 10.4. The van der Waals surface area contributed by atoms with Gasteiger partial charge in [0.1, 0.15) is 5.76 Å². The molecule has 1 aliphatic rings. The van der Waals surface area contributed by atoms with Gasteiger partial charge in [-0.15, -0.1) is 0 Å². The average molecular weight is 295 g/mol. The number of rotatable bonds is 3. The van der Waals surface area contributed by atoms with Crippen LogP contribution in [0.5, 0.6) is 0 Å². The van der Waals surface area contributed by atoms with Crippen LogP contribution in [0.25, 0.3) is 11.3 Å². The number of hydrazone groups is 1. The van der Waals surface area contributed by atoms with Crippen LogP contribution < -0.4 is 5.43 Å². The van der Waals surface area contributed by atoms with Crippen molar-refractivity contribution in [3.8, 4) is 11.3 Å². The fourth-order valence-electron chi connectivity index (χ4n) is 2.51. The third kappa shape index (κ3) is 2.36. The van der Waals surface area contributed by atoms with Crippen molar-refractivity contribution >= 4 is 22.7 Å². The first kappa shape index (κ1) is 12.3. The van der Waals surface area contributed by atoms with E-state index in [-0.39, 0.29) is 0 Å². The SMILES string of the molecule is C(=N/Nc1nc2c(s1)CCc1ccccc1-2)/c1ccco1. The Bertz CT molecular complexity index is 790. The van der Waals surface area contributed by atoms with Crippen molar-refractivity contribution in [3.63, 3.8) is 0 Å². The van der Waals surface area contributed by atoms with E-state index in [0.717, 1.165) is 23.7 Å². The molecule has 3 aromatic rings. The Kier molecular flexibility index (Phi) is 3.05. The Morgan fingerprint density at radius 1 is 1.19 bits per heavy atom. The lowest BCUT2D eigenvalue weighted by atomic mass is 9.94. The van der Waals surface area contributed by atoms with Crippen molar-refractivity contribution in [1.82, 2.24) is 4.98 Å². The first-order valence-corrected chi connectivity index (χ1v) is 7.62. The Hall–Kier alpha value is -2.40. The smallest absolute Gasteiger partial charge is 0.204 e. The second-order valence-corrected chi connectivity index (χ2v) is 5.92. The topological polar surface area (TPSA) is 50.4 Å². The lowest BCUT2D eigenvalue weighted by molar-refractivity contribution is 0.560. The van der Waals surface area contributed by atoms with Gasteiger partial charge in [0.2, 0.25) is 5.13 Å². The van der Waals surface area contributed by atoms with Gasteiger partial charge in [0.25, 0.3) is 0 Å². The van der Waals surface area contributed by atoms with Crippen molar-refractivity contribution < 1.29 is 4.42 Å². The first-order valence-electron chi connectivity index (χ1n) is 6.81. The van der Waals surface area contributed by atoms with Gasteiger partial charge in [-0.2, -0.15) is 5.10 Å². The van der Waals surface area contributed by atoms with E-state index in [1.54, 1.807) is 23.8 Å². The maximum absolute atomic E-state index is 5.19. The predicted molar refractivity (Wildman–Crippen MR) is 84.9 cm³/mol. The molecule has 2 aromatic heterocycles. The zero-order chi connectivity index (χ0) is 14.1. The van der Waals surface area contributed by atoms with Gasteiger partial charge < -0.3 is 4.42 Å². The summed E-state index contributed by atoms with van der Waals surface area (Å²) in [7, 11) is 0. The van der Waals surface area contributed by atoms with Crippen molar-refractivity contribution in [2.45, 2.75) is 12.8 Å². The van der Waals surface area contributed by atoms with Crippen molar-refractivity contribution in [1.29, 1.82) is 0 Å². The van der Waals surface area contributed by atoms with Crippen LogP contribution in [0.3, 0.4) is 0 Å². The number of nitrogens with one attached hydrogen (secondary N) is 1. The molecule has 1 N–H and O–H groups in total. The number of hydrogen-bond acceptors (Lipinski definition) is 5. The molecule has 0 aliphatic heterocycles. The van der Waals surface area contributed by atoms with E-state index in [1.165, 1.54) is 16.0 Å². The zero-order valence-corrected chi connectivity index (χ0v) is 12.1. The van der Waals surface area contributed by atoms with E-state index < -0.39 is 0 Å². The molecule has 21 heavy (non-hydrogen) atoms. The molecule has 4 rings (SSSR count). The molecule has 0 fully saturated rings. The van der Waals surface area contributed by atoms with Gasteiger partial charge in [-0.3, -0.25) is 5.43 Å². The number of hydrogen-bond donors (Lipinski definition) is 1. The second kappa shape index (κ2) is 5.18. The maximum atomic E-state index is 5.19. The summed E-state index contributed by atoms with van der Waals surface area (Å²) in [5.41, 5.74) is 6.71. The summed E-state index contributed by atoms with van der Waals surface area (Å²) >= 11 is 1.67. The summed E-state index contributed by atoms with van der Waals surface area (Å²) < 4.78 is 5.19. The largest absolute Gasteiger partial charge is 0.463 e. The van der Waals surface area contributed by atoms with E-state index in [4.69, 9.17) is 4.42 Å². The Balaban J connectivity index is 1.59. The molecule has 4 nitrogen and oxygen atoms in total. The molecule has 0 saturated heterocycles. The van der Waals surface area contributed by atoms with Crippen LogP contribution in [0.2, 0.25) is 0 Å². The highest BCUT2D eigenvalue weighted by atomic mass is 32.1. The summed E-state index contributed by atoms with van der Waals surface area (Å²) in [4.78, 5) is 6.00. The summed E-state index contributed by atoms with van der Waals surface area (Å²) in [6, 6.07) is 12.2. The number of aryl methyl sites for hydroxylation is 2. The predicted octanol–water partition coefficient (Wildman–Crippen LogP) is 3.95. The molecule has 0 saturated carbocycles. The van der Waals surface area contributed by atoms with E-state index in [1.807, 2.05) is 12.1 Å². The summed E-state index contributed by atoms with van der Waals surface area (Å²) in [5, 5.41) is 4.98. The van der Waals surface area contributed by atoms with E-state index in [0.29, 0.717) is 5.76 Å². The van der Waals surface area contributed by atoms with E-state index in [9.17, 15) is 0 Å². The van der Waals surface area contributed by atoms with Crippen LogP contribution in [0, 0.1) is 0 Å². The normalized spacial score (nSPS) is 13.1. The maximum Gasteiger partial charge on any atom is 0.204 e. The highest BCUT2D eigenvalue weighted by Gasteiger charge is 2.20. The third-order valence-corrected chi connectivity index (χ3v) is 4.51. The second-order valence-electron chi connectivity index (χ2n) is 4.83. The fourth-order valence-corrected chi connectivity index (χ4v) is 3.44.